The number of aromatic nitrogens is 1. The molecule has 2 heterocycles. The third-order valence-electron chi connectivity index (χ3n) is 6.46. The van der Waals surface area contributed by atoms with Gasteiger partial charge in [-0.15, -0.1) is 0 Å². The van der Waals surface area contributed by atoms with Gasteiger partial charge in [0.05, 0.1) is 33.0 Å². The number of methoxy groups -OCH3 is 2. The smallest absolute Gasteiger partial charge is 0.331 e. The summed E-state index contributed by atoms with van der Waals surface area (Å²) in [6, 6.07) is 5.08. The highest BCUT2D eigenvalue weighted by molar-refractivity contribution is 6.01. The van der Waals surface area contributed by atoms with Gasteiger partial charge < -0.3 is 28.8 Å². The molecule has 9 nitrogen and oxygen atoms in total. The second kappa shape index (κ2) is 9.82. The maximum atomic E-state index is 13.5. The number of nitrogens with one attached hydrogen (secondary N) is 1. The second-order valence-electron chi connectivity index (χ2n) is 8.45. The van der Waals surface area contributed by atoms with Crippen molar-refractivity contribution in [3.05, 3.63) is 34.1 Å². The van der Waals surface area contributed by atoms with Gasteiger partial charge >= 0.3 is 5.97 Å². The highest BCUT2D eigenvalue weighted by Gasteiger charge is 2.41. The van der Waals surface area contributed by atoms with Gasteiger partial charge in [0.1, 0.15) is 17.7 Å². The van der Waals surface area contributed by atoms with E-state index in [0.29, 0.717) is 55.1 Å². The van der Waals surface area contributed by atoms with Crippen LogP contribution in [0.1, 0.15) is 48.9 Å². The zero-order valence-electron chi connectivity index (χ0n) is 19.1. The SMILES string of the molecule is COC(=O)C1(NC(=O)c2cc3ccc(OC)c4c3n(c2=O)CCOCCO4)CCCCCC1. The molecule has 1 saturated carbocycles. The Morgan fingerprint density at radius 1 is 1.06 bits per heavy atom. The van der Waals surface area contributed by atoms with Gasteiger partial charge in [-0.1, -0.05) is 25.7 Å². The highest BCUT2D eigenvalue weighted by atomic mass is 16.5. The molecule has 33 heavy (non-hydrogen) atoms. The number of rotatable bonds is 4. The zero-order chi connectivity index (χ0) is 23.4. The molecule has 2 aliphatic rings. The molecular formula is C24H30N2O7. The van der Waals surface area contributed by atoms with E-state index in [4.69, 9.17) is 18.9 Å². The molecule has 0 unspecified atom stereocenters. The molecule has 0 atom stereocenters. The van der Waals surface area contributed by atoms with Crippen LogP contribution >= 0.6 is 0 Å². The van der Waals surface area contributed by atoms with Crippen molar-refractivity contribution in [2.24, 2.45) is 0 Å². The molecule has 1 fully saturated rings. The van der Waals surface area contributed by atoms with Crippen LogP contribution < -0.4 is 20.3 Å². The van der Waals surface area contributed by atoms with E-state index in [1.807, 2.05) is 0 Å². The molecule has 1 N–H and O–H groups in total. The minimum Gasteiger partial charge on any atom is -0.493 e. The van der Waals surface area contributed by atoms with Crippen molar-refractivity contribution in [2.75, 3.05) is 34.0 Å². The lowest BCUT2D eigenvalue weighted by Gasteiger charge is -2.31. The fourth-order valence-electron chi connectivity index (χ4n) is 4.76. The van der Waals surface area contributed by atoms with Gasteiger partial charge in [-0.3, -0.25) is 9.59 Å². The highest BCUT2D eigenvalue weighted by Crippen LogP contribution is 2.36. The summed E-state index contributed by atoms with van der Waals surface area (Å²) in [6.07, 6.45) is 4.54. The van der Waals surface area contributed by atoms with Crippen LogP contribution in [-0.4, -0.2) is 56.0 Å². The number of benzene rings is 1. The van der Waals surface area contributed by atoms with Crippen molar-refractivity contribution in [3.63, 3.8) is 0 Å². The summed E-state index contributed by atoms with van der Waals surface area (Å²) in [5.41, 5.74) is -1.09. The first kappa shape index (κ1) is 23.1. The van der Waals surface area contributed by atoms with Crippen molar-refractivity contribution < 1.29 is 28.5 Å². The van der Waals surface area contributed by atoms with E-state index in [1.165, 1.54) is 18.8 Å². The van der Waals surface area contributed by atoms with Crippen LogP contribution in [0, 0.1) is 0 Å². The lowest BCUT2D eigenvalue weighted by molar-refractivity contribution is -0.148. The normalized spacial score (nSPS) is 18.1. The molecule has 1 aliphatic heterocycles. The lowest BCUT2D eigenvalue weighted by atomic mass is 9.89. The van der Waals surface area contributed by atoms with E-state index in [1.54, 1.807) is 18.2 Å². The molecule has 0 spiro atoms. The zero-order valence-corrected chi connectivity index (χ0v) is 19.1. The molecule has 178 valence electrons. The molecule has 1 aliphatic carbocycles. The Bertz CT molecular complexity index is 1100. The van der Waals surface area contributed by atoms with Crippen LogP contribution in [-0.2, 0) is 20.8 Å². The van der Waals surface area contributed by atoms with Gasteiger partial charge in [0, 0.05) is 11.9 Å². The molecule has 1 amide bonds. The second-order valence-corrected chi connectivity index (χ2v) is 8.45. The molecule has 2 aromatic rings. The van der Waals surface area contributed by atoms with Gasteiger partial charge in [-0.25, -0.2) is 4.79 Å². The van der Waals surface area contributed by atoms with E-state index < -0.39 is 23.0 Å². The van der Waals surface area contributed by atoms with Crippen LogP contribution in [0.4, 0.5) is 0 Å². The molecular weight excluding hydrogens is 428 g/mol. The van der Waals surface area contributed by atoms with Crippen molar-refractivity contribution >= 4 is 22.8 Å². The molecule has 9 heteroatoms. The molecule has 1 aromatic heterocycles. The fraction of sp³-hybridized carbons (Fsp3) is 0.542. The van der Waals surface area contributed by atoms with Gasteiger partial charge in [0.25, 0.3) is 11.5 Å². The van der Waals surface area contributed by atoms with Crippen LogP contribution in [0.15, 0.2) is 23.0 Å². The number of carbonyl (C=O) groups is 2. The average Bonchev–Trinajstić information content (AvgIpc) is 3.00. The largest absolute Gasteiger partial charge is 0.493 e. The molecule has 1 aromatic carbocycles. The van der Waals surface area contributed by atoms with E-state index in [-0.39, 0.29) is 12.1 Å². The fourth-order valence-corrected chi connectivity index (χ4v) is 4.76. The third-order valence-corrected chi connectivity index (χ3v) is 6.46. The maximum absolute atomic E-state index is 13.5. The number of esters is 1. The van der Waals surface area contributed by atoms with Gasteiger partial charge in [0.15, 0.2) is 11.5 Å². The average molecular weight is 459 g/mol. The summed E-state index contributed by atoms with van der Waals surface area (Å²) in [5, 5.41) is 3.54. The van der Waals surface area contributed by atoms with Gasteiger partial charge in [-0.05, 0) is 31.0 Å². The predicted molar refractivity (Wildman–Crippen MR) is 121 cm³/mol. The summed E-state index contributed by atoms with van der Waals surface area (Å²) in [6.45, 7) is 1.24. The molecule has 4 rings (SSSR count). The molecule has 0 saturated heterocycles. The third kappa shape index (κ3) is 4.42. The van der Waals surface area contributed by atoms with Crippen LogP contribution in [0.25, 0.3) is 10.9 Å². The number of amides is 1. The Kier molecular flexibility index (Phi) is 6.88. The summed E-state index contributed by atoms with van der Waals surface area (Å²) >= 11 is 0. The van der Waals surface area contributed by atoms with Crippen molar-refractivity contribution in [3.8, 4) is 11.5 Å². The number of hydrogen-bond donors (Lipinski definition) is 1. The minimum absolute atomic E-state index is 0.0367. The Morgan fingerprint density at radius 2 is 1.82 bits per heavy atom. The topological polar surface area (TPSA) is 105 Å². The summed E-state index contributed by atoms with van der Waals surface area (Å²) in [7, 11) is 2.86. The lowest BCUT2D eigenvalue weighted by Crippen LogP contribution is -2.55. The number of pyridine rings is 1. The summed E-state index contributed by atoms with van der Waals surface area (Å²) in [5.74, 6) is -0.118. The Morgan fingerprint density at radius 3 is 2.52 bits per heavy atom. The Balaban J connectivity index is 1.81. The van der Waals surface area contributed by atoms with Crippen LogP contribution in [0.2, 0.25) is 0 Å². The predicted octanol–water partition coefficient (Wildman–Crippen LogP) is 2.41. The summed E-state index contributed by atoms with van der Waals surface area (Å²) in [4.78, 5) is 39.6. The van der Waals surface area contributed by atoms with E-state index in [9.17, 15) is 14.4 Å². The monoisotopic (exact) mass is 458 g/mol. The minimum atomic E-state index is -1.13. The quantitative estimate of drug-likeness (QED) is 0.554. The molecule has 0 radical (unpaired) electrons. The van der Waals surface area contributed by atoms with Gasteiger partial charge in [0.2, 0.25) is 0 Å². The van der Waals surface area contributed by atoms with Crippen molar-refractivity contribution in [1.29, 1.82) is 0 Å². The molecule has 0 bridgehead atoms. The summed E-state index contributed by atoms with van der Waals surface area (Å²) < 4.78 is 23.4. The number of hydrogen-bond acceptors (Lipinski definition) is 7. The first-order valence-corrected chi connectivity index (χ1v) is 11.4. The standard InChI is InChI=1S/C24H30N2O7/c1-30-18-8-7-16-15-17(22(28)26-11-12-32-13-14-33-20(18)19(16)26)21(27)25-24(23(29)31-2)9-5-3-4-6-10-24/h7-8,15H,3-6,9-14H2,1-2H3,(H,25,27). The number of nitrogens with zero attached hydrogens (tertiary/aromatic N) is 1. The van der Waals surface area contributed by atoms with E-state index in [2.05, 4.69) is 5.32 Å². The van der Waals surface area contributed by atoms with Crippen LogP contribution in [0.5, 0.6) is 11.5 Å². The first-order chi connectivity index (χ1) is 16.0. The van der Waals surface area contributed by atoms with Crippen molar-refractivity contribution in [1.82, 2.24) is 9.88 Å². The maximum Gasteiger partial charge on any atom is 0.331 e. The van der Waals surface area contributed by atoms with E-state index >= 15 is 0 Å². The van der Waals surface area contributed by atoms with Crippen molar-refractivity contribution in [2.45, 2.75) is 50.6 Å². The Hall–Kier alpha value is -3.07. The van der Waals surface area contributed by atoms with Gasteiger partial charge in [-0.2, -0.15) is 0 Å². The first-order valence-electron chi connectivity index (χ1n) is 11.4. The number of ether oxygens (including phenoxy) is 4. The van der Waals surface area contributed by atoms with E-state index in [0.717, 1.165) is 25.7 Å². The van der Waals surface area contributed by atoms with Crippen LogP contribution in [0.3, 0.4) is 0 Å². The number of carbonyl (C=O) groups excluding carboxylic acids is 2. The Labute approximate surface area is 191 Å².